The lowest BCUT2D eigenvalue weighted by molar-refractivity contribution is -1.07. The molecule has 8 heteroatoms. The predicted molar refractivity (Wildman–Crippen MR) is 93.2 cm³/mol. The standard InChI is InChI=1S/C17H20N5O3/c1-20-15-10-5-4-6-11-14(10)12(9-13(15)18-19-20)17(24)21(16(11)23)7-8-22(2,3)25/h4-6,9,18-19,25H,7-8H2,1-3H3/q+1. The quantitative estimate of drug-likeness (QED) is 0.441. The number of anilines is 2. The van der Waals surface area contributed by atoms with Crippen molar-refractivity contribution in [1.82, 2.24) is 10.4 Å². The highest BCUT2D eigenvalue weighted by Gasteiger charge is 2.36. The summed E-state index contributed by atoms with van der Waals surface area (Å²) in [5, 5.41) is 13.2. The number of hydrogen-bond donors (Lipinski definition) is 3. The number of likely N-dealkylation sites (N-methyl/N-ethyl adjacent to an activating group) is 1. The van der Waals surface area contributed by atoms with Crippen molar-refractivity contribution in [3.05, 3.63) is 35.4 Å². The van der Waals surface area contributed by atoms with Gasteiger partial charge in [0.2, 0.25) is 0 Å². The molecule has 0 spiro atoms. The minimum atomic E-state index is -0.332. The van der Waals surface area contributed by atoms with Crippen LogP contribution in [0.3, 0.4) is 0 Å². The molecule has 0 atom stereocenters. The summed E-state index contributed by atoms with van der Waals surface area (Å²) in [6.45, 7) is 0.413. The highest BCUT2D eigenvalue weighted by atomic mass is 16.5. The first kappa shape index (κ1) is 15.8. The molecule has 0 unspecified atom stereocenters. The van der Waals surface area contributed by atoms with Crippen LogP contribution < -0.4 is 16.0 Å². The fourth-order valence-electron chi connectivity index (χ4n) is 3.40. The van der Waals surface area contributed by atoms with Crippen molar-refractivity contribution in [2.75, 3.05) is 44.7 Å². The van der Waals surface area contributed by atoms with Gasteiger partial charge in [-0.2, -0.15) is 4.65 Å². The topological polar surface area (TPSA) is 84.9 Å². The number of imide groups is 1. The molecular weight excluding hydrogens is 322 g/mol. The molecule has 2 aliphatic rings. The average molecular weight is 342 g/mol. The zero-order chi connectivity index (χ0) is 17.9. The van der Waals surface area contributed by atoms with Crippen LogP contribution in [0.4, 0.5) is 11.4 Å². The van der Waals surface area contributed by atoms with Gasteiger partial charge in [-0.05, 0) is 12.1 Å². The van der Waals surface area contributed by atoms with Gasteiger partial charge in [0.25, 0.3) is 11.8 Å². The number of hydrazine groups is 2. The van der Waals surface area contributed by atoms with Crippen molar-refractivity contribution in [2.45, 2.75) is 0 Å². The van der Waals surface area contributed by atoms with Gasteiger partial charge in [0, 0.05) is 23.4 Å². The molecule has 4 rings (SSSR count). The van der Waals surface area contributed by atoms with E-state index in [1.54, 1.807) is 26.2 Å². The van der Waals surface area contributed by atoms with E-state index in [-0.39, 0.29) is 29.6 Å². The largest absolute Gasteiger partial charge is 0.302 e. The number of nitrogens with one attached hydrogen (secondary N) is 2. The molecule has 0 aromatic heterocycles. The average Bonchev–Trinajstić information content (AvgIpc) is 2.92. The highest BCUT2D eigenvalue weighted by Crippen LogP contribution is 2.41. The van der Waals surface area contributed by atoms with Crippen LogP contribution in [-0.4, -0.2) is 60.8 Å². The minimum absolute atomic E-state index is 0.152. The summed E-state index contributed by atoms with van der Waals surface area (Å²) in [4.78, 5) is 27.1. The van der Waals surface area contributed by atoms with E-state index >= 15 is 0 Å². The molecule has 0 fully saturated rings. The molecule has 25 heavy (non-hydrogen) atoms. The van der Waals surface area contributed by atoms with Crippen LogP contribution >= 0.6 is 0 Å². The molecule has 0 saturated carbocycles. The van der Waals surface area contributed by atoms with E-state index in [4.69, 9.17) is 0 Å². The van der Waals surface area contributed by atoms with Gasteiger partial charge < -0.3 is 5.43 Å². The zero-order valence-corrected chi connectivity index (χ0v) is 14.3. The number of hydrogen-bond acceptors (Lipinski definition) is 6. The molecule has 130 valence electrons. The van der Waals surface area contributed by atoms with Crippen LogP contribution in [0.15, 0.2) is 24.3 Å². The van der Waals surface area contributed by atoms with E-state index in [2.05, 4.69) is 11.0 Å². The molecule has 0 saturated heterocycles. The number of fused-ring (bicyclic) bond motifs is 2. The number of rotatable bonds is 3. The number of benzene rings is 2. The first-order valence-corrected chi connectivity index (χ1v) is 8.05. The molecule has 2 amide bonds. The van der Waals surface area contributed by atoms with Gasteiger partial charge in [-0.25, -0.2) is 5.21 Å². The van der Waals surface area contributed by atoms with E-state index in [1.165, 1.54) is 4.90 Å². The summed E-state index contributed by atoms with van der Waals surface area (Å²) >= 11 is 0. The highest BCUT2D eigenvalue weighted by molar-refractivity contribution is 6.28. The van der Waals surface area contributed by atoms with Crippen molar-refractivity contribution in [3.8, 4) is 0 Å². The number of carbonyl (C=O) groups excluding carboxylic acids is 2. The fraction of sp³-hybridized carbons (Fsp3) is 0.294. The van der Waals surface area contributed by atoms with Gasteiger partial charge in [0.05, 0.1) is 37.6 Å². The molecule has 0 bridgehead atoms. The predicted octanol–water partition coefficient (Wildman–Crippen LogP) is 1.18. The number of nitrogens with zero attached hydrogens (tertiary/aromatic N) is 3. The maximum atomic E-state index is 13.0. The van der Waals surface area contributed by atoms with Crippen molar-refractivity contribution in [3.63, 3.8) is 0 Å². The van der Waals surface area contributed by atoms with Crippen LogP contribution in [-0.2, 0) is 0 Å². The van der Waals surface area contributed by atoms with Gasteiger partial charge >= 0.3 is 0 Å². The first-order valence-electron chi connectivity index (χ1n) is 8.05. The van der Waals surface area contributed by atoms with E-state index in [0.717, 1.165) is 16.8 Å². The Kier molecular flexibility index (Phi) is 3.26. The van der Waals surface area contributed by atoms with Gasteiger partial charge in [0.1, 0.15) is 6.54 Å². The molecule has 8 nitrogen and oxygen atoms in total. The molecular formula is C17H20N5O3+. The van der Waals surface area contributed by atoms with E-state index in [0.29, 0.717) is 16.5 Å². The van der Waals surface area contributed by atoms with Crippen molar-refractivity contribution in [1.29, 1.82) is 0 Å². The normalized spacial score (nSPS) is 16.5. The third-order valence-electron chi connectivity index (χ3n) is 4.65. The van der Waals surface area contributed by atoms with E-state index < -0.39 is 0 Å². The van der Waals surface area contributed by atoms with Crippen LogP contribution in [0.5, 0.6) is 0 Å². The lowest BCUT2D eigenvalue weighted by Gasteiger charge is -2.29. The van der Waals surface area contributed by atoms with Crippen LogP contribution in [0.2, 0.25) is 0 Å². The Morgan fingerprint density at radius 1 is 1.16 bits per heavy atom. The summed E-state index contributed by atoms with van der Waals surface area (Å²) in [7, 11) is 5.07. The Labute approximate surface area is 144 Å². The second kappa shape index (κ2) is 5.16. The summed E-state index contributed by atoms with van der Waals surface area (Å²) in [5.41, 5.74) is 8.74. The van der Waals surface area contributed by atoms with Gasteiger partial charge in [-0.1, -0.05) is 12.1 Å². The van der Waals surface area contributed by atoms with Crippen LogP contribution in [0.25, 0.3) is 10.8 Å². The fourth-order valence-corrected chi connectivity index (χ4v) is 3.40. The van der Waals surface area contributed by atoms with Gasteiger partial charge in [-0.3, -0.25) is 19.5 Å². The zero-order valence-electron chi connectivity index (χ0n) is 14.3. The van der Waals surface area contributed by atoms with Gasteiger partial charge in [-0.15, -0.1) is 5.53 Å². The Hall–Kier alpha value is -2.68. The number of amides is 2. The van der Waals surface area contributed by atoms with Crippen LogP contribution in [0, 0.1) is 0 Å². The third kappa shape index (κ3) is 2.34. The summed E-state index contributed by atoms with van der Waals surface area (Å²) in [5.74, 6) is -0.653. The molecule has 0 aliphatic carbocycles. The minimum Gasteiger partial charge on any atom is -0.302 e. The van der Waals surface area contributed by atoms with E-state index in [9.17, 15) is 14.8 Å². The summed E-state index contributed by atoms with van der Waals surface area (Å²) in [6, 6.07) is 7.26. The molecule has 2 aliphatic heterocycles. The molecule has 0 radical (unpaired) electrons. The third-order valence-corrected chi connectivity index (χ3v) is 4.65. The molecule has 2 heterocycles. The van der Waals surface area contributed by atoms with Gasteiger partial charge in [0.15, 0.2) is 0 Å². The maximum absolute atomic E-state index is 13.0. The number of carbonyl (C=O) groups is 2. The molecule has 2 aromatic rings. The summed E-state index contributed by atoms with van der Waals surface area (Å²) < 4.78 is -0.311. The second-order valence-electron chi connectivity index (χ2n) is 6.95. The second-order valence-corrected chi connectivity index (χ2v) is 6.95. The lowest BCUT2D eigenvalue weighted by atomic mass is 9.92. The lowest BCUT2D eigenvalue weighted by Crippen LogP contribution is -2.48. The molecule has 2 aromatic carbocycles. The number of hydroxylamine groups is 3. The smallest absolute Gasteiger partial charge is 0.261 e. The van der Waals surface area contributed by atoms with Crippen molar-refractivity contribution in [2.24, 2.45) is 0 Å². The Bertz CT molecular complexity index is 919. The Balaban J connectivity index is 1.88. The van der Waals surface area contributed by atoms with Crippen molar-refractivity contribution >= 4 is 34.0 Å². The summed E-state index contributed by atoms with van der Waals surface area (Å²) in [6.07, 6.45) is 0. The Morgan fingerprint density at radius 2 is 1.88 bits per heavy atom. The van der Waals surface area contributed by atoms with Crippen molar-refractivity contribution < 1.29 is 19.4 Å². The molecule has 3 N–H and O–H groups in total. The first-order chi connectivity index (χ1) is 11.8. The maximum Gasteiger partial charge on any atom is 0.261 e. The monoisotopic (exact) mass is 342 g/mol. The van der Waals surface area contributed by atoms with E-state index in [1.807, 2.05) is 24.2 Å². The SMILES string of the molecule is CN1NNc2cc3c4c(cccc4c21)C(=O)N(CC[N+](C)(C)O)C3=O. The number of quaternary nitrogens is 1. The van der Waals surface area contributed by atoms with Crippen LogP contribution in [0.1, 0.15) is 20.7 Å². The Morgan fingerprint density at radius 3 is 2.60 bits per heavy atom.